The number of halogens is 2. The van der Waals surface area contributed by atoms with Crippen LogP contribution in [0.4, 0.5) is 14.5 Å². The molecule has 0 fully saturated rings. The summed E-state index contributed by atoms with van der Waals surface area (Å²) >= 11 is 0. The van der Waals surface area contributed by atoms with E-state index in [1.165, 1.54) is 19.5 Å². The number of ether oxygens (including phenoxy) is 2. The summed E-state index contributed by atoms with van der Waals surface area (Å²) in [6.45, 7) is 0. The number of rotatable bonds is 4. The first kappa shape index (κ1) is 15.7. The van der Waals surface area contributed by atoms with Gasteiger partial charge in [0.1, 0.15) is 17.7 Å². The predicted molar refractivity (Wildman–Crippen MR) is 84.9 cm³/mol. The Hall–Kier alpha value is -3.22. The number of para-hydroxylation sites is 2. The molecule has 7 heteroatoms. The highest BCUT2D eigenvalue weighted by atomic mass is 19.2. The van der Waals surface area contributed by atoms with Gasteiger partial charge in [0.2, 0.25) is 5.88 Å². The molecule has 0 saturated heterocycles. The summed E-state index contributed by atoms with van der Waals surface area (Å²) < 4.78 is 37.4. The van der Waals surface area contributed by atoms with Crippen molar-refractivity contribution >= 4 is 5.69 Å². The third-order valence-electron chi connectivity index (χ3n) is 3.32. The molecule has 122 valence electrons. The van der Waals surface area contributed by atoms with E-state index in [9.17, 15) is 8.78 Å². The molecular formula is C17H13F2N3O2. The van der Waals surface area contributed by atoms with E-state index in [1.54, 1.807) is 24.3 Å². The molecule has 3 rings (SSSR count). The van der Waals surface area contributed by atoms with Crippen molar-refractivity contribution < 1.29 is 18.3 Å². The van der Waals surface area contributed by atoms with E-state index < -0.39 is 11.6 Å². The van der Waals surface area contributed by atoms with E-state index in [0.29, 0.717) is 17.1 Å². The molecule has 0 atom stereocenters. The van der Waals surface area contributed by atoms with Gasteiger partial charge in [-0.15, -0.1) is 0 Å². The fourth-order valence-electron chi connectivity index (χ4n) is 2.14. The van der Waals surface area contributed by atoms with Gasteiger partial charge in [0.15, 0.2) is 23.1 Å². The van der Waals surface area contributed by atoms with Crippen molar-refractivity contribution in [1.29, 1.82) is 0 Å². The van der Waals surface area contributed by atoms with Crippen LogP contribution in [0.2, 0.25) is 0 Å². The molecule has 2 aromatic carbocycles. The van der Waals surface area contributed by atoms with Gasteiger partial charge in [-0.05, 0) is 30.3 Å². The van der Waals surface area contributed by atoms with Gasteiger partial charge in [-0.3, -0.25) is 0 Å². The lowest BCUT2D eigenvalue weighted by Crippen LogP contribution is -2.01. The molecule has 0 radical (unpaired) electrons. The normalized spacial score (nSPS) is 10.5. The SMILES string of the molecule is COc1ccccc1Oc1ncnc(-c2ccc(F)c(F)c2)c1N. The second-order valence-corrected chi connectivity index (χ2v) is 4.82. The number of nitrogens with zero attached hydrogens (tertiary/aromatic N) is 2. The van der Waals surface area contributed by atoms with Crippen LogP contribution in [0.3, 0.4) is 0 Å². The van der Waals surface area contributed by atoms with Gasteiger partial charge in [0.05, 0.1) is 7.11 Å². The summed E-state index contributed by atoms with van der Waals surface area (Å²) in [4.78, 5) is 8.02. The molecule has 24 heavy (non-hydrogen) atoms. The fourth-order valence-corrected chi connectivity index (χ4v) is 2.14. The lowest BCUT2D eigenvalue weighted by atomic mass is 10.1. The molecule has 0 unspecified atom stereocenters. The van der Waals surface area contributed by atoms with E-state index in [1.807, 2.05) is 0 Å². The molecule has 1 aromatic heterocycles. The van der Waals surface area contributed by atoms with Gasteiger partial charge in [0, 0.05) is 5.56 Å². The summed E-state index contributed by atoms with van der Waals surface area (Å²) in [6.07, 6.45) is 1.23. The Bertz CT molecular complexity index is 887. The minimum atomic E-state index is -0.988. The van der Waals surface area contributed by atoms with E-state index in [2.05, 4.69) is 9.97 Å². The number of hydrogen-bond acceptors (Lipinski definition) is 5. The molecule has 0 spiro atoms. The molecule has 0 aliphatic rings. The Morgan fingerprint density at radius 1 is 0.958 bits per heavy atom. The van der Waals surface area contributed by atoms with E-state index in [4.69, 9.17) is 15.2 Å². The zero-order valence-corrected chi connectivity index (χ0v) is 12.7. The van der Waals surface area contributed by atoms with Crippen LogP contribution in [0.5, 0.6) is 17.4 Å². The highest BCUT2D eigenvalue weighted by molar-refractivity contribution is 5.75. The van der Waals surface area contributed by atoms with E-state index >= 15 is 0 Å². The molecule has 5 nitrogen and oxygen atoms in total. The summed E-state index contributed by atoms with van der Waals surface area (Å²) in [7, 11) is 1.51. The number of nitrogens with two attached hydrogens (primary N) is 1. The first-order chi connectivity index (χ1) is 11.6. The summed E-state index contributed by atoms with van der Waals surface area (Å²) in [5.74, 6) is -0.921. The topological polar surface area (TPSA) is 70.3 Å². The van der Waals surface area contributed by atoms with Crippen LogP contribution in [-0.4, -0.2) is 17.1 Å². The highest BCUT2D eigenvalue weighted by Crippen LogP contribution is 2.36. The third-order valence-corrected chi connectivity index (χ3v) is 3.32. The molecule has 0 bridgehead atoms. The maximum absolute atomic E-state index is 13.4. The Kier molecular flexibility index (Phi) is 4.24. The monoisotopic (exact) mass is 329 g/mol. The summed E-state index contributed by atoms with van der Waals surface area (Å²) in [6, 6.07) is 10.4. The second-order valence-electron chi connectivity index (χ2n) is 4.82. The standard InChI is InChI=1S/C17H13F2N3O2/c1-23-13-4-2-3-5-14(13)24-17-15(20)16(21-9-22-17)10-6-7-11(18)12(19)8-10/h2-9H,20H2,1H3. The van der Waals surface area contributed by atoms with Gasteiger partial charge >= 0.3 is 0 Å². The van der Waals surface area contributed by atoms with Crippen LogP contribution in [0.25, 0.3) is 11.3 Å². The number of hydrogen-bond donors (Lipinski definition) is 1. The van der Waals surface area contributed by atoms with Gasteiger partial charge < -0.3 is 15.2 Å². The first-order valence-electron chi connectivity index (χ1n) is 6.97. The van der Waals surface area contributed by atoms with Crippen LogP contribution >= 0.6 is 0 Å². The zero-order valence-electron chi connectivity index (χ0n) is 12.7. The summed E-state index contributed by atoms with van der Waals surface area (Å²) in [5.41, 5.74) is 6.70. The summed E-state index contributed by atoms with van der Waals surface area (Å²) in [5, 5.41) is 0. The number of anilines is 1. The van der Waals surface area contributed by atoms with Crippen molar-refractivity contribution in [2.24, 2.45) is 0 Å². The van der Waals surface area contributed by atoms with Gasteiger partial charge in [-0.25, -0.2) is 13.8 Å². The van der Waals surface area contributed by atoms with Crippen LogP contribution < -0.4 is 15.2 Å². The second kappa shape index (κ2) is 6.49. The maximum Gasteiger partial charge on any atom is 0.246 e. The number of benzene rings is 2. The van der Waals surface area contributed by atoms with Gasteiger partial charge in [-0.1, -0.05) is 12.1 Å². The molecule has 0 aliphatic carbocycles. The predicted octanol–water partition coefficient (Wildman–Crippen LogP) is 3.80. The Morgan fingerprint density at radius 2 is 1.71 bits per heavy atom. The third kappa shape index (κ3) is 2.96. The van der Waals surface area contributed by atoms with Crippen molar-refractivity contribution in [3.8, 4) is 28.6 Å². The van der Waals surface area contributed by atoms with Crippen molar-refractivity contribution in [3.05, 3.63) is 60.4 Å². The fraction of sp³-hybridized carbons (Fsp3) is 0.0588. The average Bonchev–Trinajstić information content (AvgIpc) is 2.60. The average molecular weight is 329 g/mol. The molecule has 3 aromatic rings. The number of aromatic nitrogens is 2. The van der Waals surface area contributed by atoms with Gasteiger partial charge in [0.25, 0.3) is 0 Å². The van der Waals surface area contributed by atoms with Crippen molar-refractivity contribution in [2.45, 2.75) is 0 Å². The van der Waals surface area contributed by atoms with Crippen molar-refractivity contribution in [3.63, 3.8) is 0 Å². The Morgan fingerprint density at radius 3 is 2.42 bits per heavy atom. The maximum atomic E-state index is 13.4. The van der Waals surface area contributed by atoms with Crippen LogP contribution in [0.1, 0.15) is 0 Å². The minimum Gasteiger partial charge on any atom is -0.493 e. The van der Waals surface area contributed by atoms with E-state index in [0.717, 1.165) is 12.1 Å². The lowest BCUT2D eigenvalue weighted by molar-refractivity contribution is 0.374. The number of methoxy groups -OCH3 is 1. The van der Waals surface area contributed by atoms with Crippen LogP contribution in [0.15, 0.2) is 48.8 Å². The molecule has 0 aliphatic heterocycles. The Balaban J connectivity index is 2.00. The smallest absolute Gasteiger partial charge is 0.246 e. The lowest BCUT2D eigenvalue weighted by Gasteiger charge is -2.12. The quantitative estimate of drug-likeness (QED) is 0.788. The largest absolute Gasteiger partial charge is 0.493 e. The molecular weight excluding hydrogens is 316 g/mol. The van der Waals surface area contributed by atoms with Gasteiger partial charge in [-0.2, -0.15) is 4.98 Å². The molecule has 1 heterocycles. The molecule has 0 saturated carbocycles. The van der Waals surface area contributed by atoms with Crippen LogP contribution in [-0.2, 0) is 0 Å². The molecule has 2 N–H and O–H groups in total. The highest BCUT2D eigenvalue weighted by Gasteiger charge is 2.15. The Labute approximate surface area is 136 Å². The molecule has 0 amide bonds. The zero-order chi connectivity index (χ0) is 17.1. The first-order valence-corrected chi connectivity index (χ1v) is 6.97. The minimum absolute atomic E-state index is 0.0919. The van der Waals surface area contributed by atoms with E-state index in [-0.39, 0.29) is 17.3 Å². The van der Waals surface area contributed by atoms with Crippen LogP contribution in [0, 0.1) is 11.6 Å². The van der Waals surface area contributed by atoms with Crippen molar-refractivity contribution in [1.82, 2.24) is 9.97 Å². The number of nitrogen functional groups attached to an aromatic ring is 1. The van der Waals surface area contributed by atoms with Crippen molar-refractivity contribution in [2.75, 3.05) is 12.8 Å².